The first-order chi connectivity index (χ1) is 8.06. The molecule has 0 aliphatic carbocycles. The molecule has 1 aromatic rings. The molecule has 0 fully saturated rings. The number of hydrogen-bond acceptors (Lipinski definition) is 3. The van der Waals surface area contributed by atoms with Gasteiger partial charge in [-0.05, 0) is 38.8 Å². The molecular formula is C14H20N2O. The quantitative estimate of drug-likeness (QED) is 0.799. The lowest BCUT2D eigenvalue weighted by Gasteiger charge is -2.09. The van der Waals surface area contributed by atoms with Gasteiger partial charge in [-0.2, -0.15) is 0 Å². The standard InChI is InChI=1S/C14H20N2O/c1-7-9(3)12(10(4)8-2)14-13(15-6)11(5)17-16-14/h7-8,15H,1H2,2-6H3/b10-8-,12-9+. The van der Waals surface area contributed by atoms with E-state index in [1.54, 1.807) is 0 Å². The molecular weight excluding hydrogens is 212 g/mol. The van der Waals surface area contributed by atoms with Crippen LogP contribution in [0, 0.1) is 6.92 Å². The highest BCUT2D eigenvalue weighted by molar-refractivity contribution is 5.86. The highest BCUT2D eigenvalue weighted by Gasteiger charge is 2.17. The molecule has 0 bridgehead atoms. The fraction of sp³-hybridized carbons (Fsp3) is 0.357. The second kappa shape index (κ2) is 5.53. The van der Waals surface area contributed by atoms with Crippen LogP contribution in [0.4, 0.5) is 5.69 Å². The minimum absolute atomic E-state index is 0.792. The van der Waals surface area contributed by atoms with E-state index in [0.29, 0.717) is 0 Å². The first-order valence-corrected chi connectivity index (χ1v) is 5.67. The summed E-state index contributed by atoms with van der Waals surface area (Å²) in [4.78, 5) is 0. The Kier molecular flexibility index (Phi) is 4.32. The van der Waals surface area contributed by atoms with E-state index in [-0.39, 0.29) is 0 Å². The number of nitrogens with zero attached hydrogens (tertiary/aromatic N) is 1. The van der Waals surface area contributed by atoms with Crippen LogP contribution in [0.25, 0.3) is 5.57 Å². The summed E-state index contributed by atoms with van der Waals surface area (Å²) >= 11 is 0. The third kappa shape index (κ3) is 2.49. The van der Waals surface area contributed by atoms with Crippen molar-refractivity contribution in [1.82, 2.24) is 5.16 Å². The molecule has 0 radical (unpaired) electrons. The van der Waals surface area contributed by atoms with Crippen molar-refractivity contribution >= 4 is 11.3 Å². The summed E-state index contributed by atoms with van der Waals surface area (Å²) in [5.74, 6) is 0.792. The Morgan fingerprint density at radius 2 is 2.06 bits per heavy atom. The predicted octanol–water partition coefficient (Wildman–Crippen LogP) is 3.95. The van der Waals surface area contributed by atoms with Crippen LogP contribution in [0.1, 0.15) is 32.2 Å². The van der Waals surface area contributed by atoms with E-state index in [2.05, 4.69) is 30.1 Å². The highest BCUT2D eigenvalue weighted by atomic mass is 16.5. The van der Waals surface area contributed by atoms with Gasteiger partial charge < -0.3 is 9.84 Å². The Morgan fingerprint density at radius 1 is 1.41 bits per heavy atom. The van der Waals surface area contributed by atoms with Gasteiger partial charge in [-0.15, -0.1) is 0 Å². The molecule has 1 rings (SSSR count). The van der Waals surface area contributed by atoms with E-state index >= 15 is 0 Å². The number of aryl methyl sites for hydroxylation is 1. The van der Waals surface area contributed by atoms with Gasteiger partial charge in [0.1, 0.15) is 11.4 Å². The Hall–Kier alpha value is -1.77. The molecule has 0 aromatic carbocycles. The molecule has 1 heterocycles. The number of nitrogens with one attached hydrogen (secondary N) is 1. The van der Waals surface area contributed by atoms with E-state index in [9.17, 15) is 0 Å². The largest absolute Gasteiger partial charge is 0.383 e. The molecule has 0 aliphatic heterocycles. The lowest BCUT2D eigenvalue weighted by Crippen LogP contribution is -1.97. The minimum Gasteiger partial charge on any atom is -0.383 e. The molecule has 0 saturated heterocycles. The second-order valence-electron chi connectivity index (χ2n) is 3.95. The van der Waals surface area contributed by atoms with Crippen LogP contribution in [0.5, 0.6) is 0 Å². The van der Waals surface area contributed by atoms with Gasteiger partial charge in [-0.3, -0.25) is 0 Å². The van der Waals surface area contributed by atoms with Gasteiger partial charge in [0.2, 0.25) is 0 Å². The summed E-state index contributed by atoms with van der Waals surface area (Å²) < 4.78 is 5.25. The molecule has 0 atom stereocenters. The molecule has 92 valence electrons. The number of aromatic nitrogens is 1. The number of allylic oxidation sites excluding steroid dienone is 5. The molecule has 17 heavy (non-hydrogen) atoms. The van der Waals surface area contributed by atoms with Crippen LogP contribution in [-0.4, -0.2) is 12.2 Å². The lowest BCUT2D eigenvalue weighted by atomic mass is 9.97. The van der Waals surface area contributed by atoms with Crippen LogP contribution in [0.2, 0.25) is 0 Å². The normalized spacial score (nSPS) is 13.4. The van der Waals surface area contributed by atoms with Crippen LogP contribution in [0.3, 0.4) is 0 Å². The molecule has 0 saturated carbocycles. The maximum Gasteiger partial charge on any atom is 0.157 e. The van der Waals surface area contributed by atoms with Crippen molar-refractivity contribution in [3.8, 4) is 0 Å². The van der Waals surface area contributed by atoms with Crippen molar-refractivity contribution in [2.45, 2.75) is 27.7 Å². The van der Waals surface area contributed by atoms with Gasteiger partial charge in [0.05, 0.1) is 0 Å². The van der Waals surface area contributed by atoms with E-state index in [1.807, 2.05) is 33.9 Å². The fourth-order valence-electron chi connectivity index (χ4n) is 1.77. The maximum absolute atomic E-state index is 5.25. The highest BCUT2D eigenvalue weighted by Crippen LogP contribution is 2.33. The summed E-state index contributed by atoms with van der Waals surface area (Å²) in [5, 5.41) is 7.27. The van der Waals surface area contributed by atoms with Gasteiger partial charge in [0, 0.05) is 12.6 Å². The van der Waals surface area contributed by atoms with Crippen LogP contribution in [-0.2, 0) is 0 Å². The zero-order chi connectivity index (χ0) is 13.0. The Balaban J connectivity index is 3.49. The molecule has 3 nitrogen and oxygen atoms in total. The second-order valence-corrected chi connectivity index (χ2v) is 3.95. The van der Waals surface area contributed by atoms with E-state index in [4.69, 9.17) is 4.52 Å². The Bertz CT molecular complexity index is 478. The molecule has 1 aromatic heterocycles. The SMILES string of the molecule is C=C/C(C)=C(\C(C)=C/C)c1noc(C)c1NC. The van der Waals surface area contributed by atoms with Gasteiger partial charge in [-0.25, -0.2) is 0 Å². The monoisotopic (exact) mass is 232 g/mol. The molecule has 0 unspecified atom stereocenters. The van der Waals surface area contributed by atoms with Crippen molar-refractivity contribution in [2.24, 2.45) is 0 Å². The number of anilines is 1. The summed E-state index contributed by atoms with van der Waals surface area (Å²) in [6.07, 6.45) is 3.90. The summed E-state index contributed by atoms with van der Waals surface area (Å²) in [5.41, 5.74) is 5.10. The third-order valence-electron chi connectivity index (χ3n) is 2.88. The average molecular weight is 232 g/mol. The van der Waals surface area contributed by atoms with Gasteiger partial charge in [0.15, 0.2) is 5.76 Å². The molecule has 3 heteroatoms. The fourth-order valence-corrected chi connectivity index (χ4v) is 1.77. The van der Waals surface area contributed by atoms with Crippen molar-refractivity contribution < 1.29 is 4.52 Å². The Morgan fingerprint density at radius 3 is 2.53 bits per heavy atom. The minimum atomic E-state index is 0.792. The topological polar surface area (TPSA) is 38.1 Å². The van der Waals surface area contributed by atoms with Gasteiger partial charge in [0.25, 0.3) is 0 Å². The summed E-state index contributed by atoms with van der Waals surface area (Å²) in [7, 11) is 1.87. The molecule has 0 amide bonds. The number of hydrogen-bond donors (Lipinski definition) is 1. The summed E-state index contributed by atoms with van der Waals surface area (Å²) in [6.45, 7) is 11.8. The first-order valence-electron chi connectivity index (χ1n) is 5.67. The van der Waals surface area contributed by atoms with Crippen LogP contribution < -0.4 is 5.32 Å². The van der Waals surface area contributed by atoms with Crippen molar-refractivity contribution in [3.05, 3.63) is 41.3 Å². The van der Waals surface area contributed by atoms with Gasteiger partial charge in [-0.1, -0.05) is 23.9 Å². The number of rotatable bonds is 4. The van der Waals surface area contributed by atoms with Crippen molar-refractivity contribution in [1.29, 1.82) is 0 Å². The zero-order valence-corrected chi connectivity index (χ0v) is 11.2. The smallest absolute Gasteiger partial charge is 0.157 e. The lowest BCUT2D eigenvalue weighted by molar-refractivity contribution is 0.396. The third-order valence-corrected chi connectivity index (χ3v) is 2.88. The Labute approximate surface area is 103 Å². The molecule has 0 spiro atoms. The molecule has 0 aliphatic rings. The maximum atomic E-state index is 5.25. The summed E-state index contributed by atoms with van der Waals surface area (Å²) in [6, 6.07) is 0. The predicted molar refractivity (Wildman–Crippen MR) is 73.0 cm³/mol. The van der Waals surface area contributed by atoms with Crippen molar-refractivity contribution in [3.63, 3.8) is 0 Å². The van der Waals surface area contributed by atoms with Gasteiger partial charge >= 0.3 is 0 Å². The average Bonchev–Trinajstić information content (AvgIpc) is 2.70. The van der Waals surface area contributed by atoms with Crippen molar-refractivity contribution in [2.75, 3.05) is 12.4 Å². The molecule has 1 N–H and O–H groups in total. The van der Waals surface area contributed by atoms with Crippen LogP contribution >= 0.6 is 0 Å². The van der Waals surface area contributed by atoms with E-state index in [0.717, 1.165) is 33.9 Å². The van der Waals surface area contributed by atoms with E-state index < -0.39 is 0 Å². The first kappa shape index (κ1) is 13.3. The van der Waals surface area contributed by atoms with E-state index in [1.165, 1.54) is 0 Å². The van der Waals surface area contributed by atoms with Crippen LogP contribution in [0.15, 0.2) is 34.4 Å². The zero-order valence-electron chi connectivity index (χ0n) is 11.2.